The lowest BCUT2D eigenvalue weighted by Gasteiger charge is -2.49. The lowest BCUT2D eigenvalue weighted by molar-refractivity contribution is -0.161. The van der Waals surface area contributed by atoms with Gasteiger partial charge >= 0.3 is 6.09 Å². The summed E-state index contributed by atoms with van der Waals surface area (Å²) in [5.41, 5.74) is -1.17. The Labute approximate surface area is 89.4 Å². The number of nitrogens with one attached hydrogen (secondary N) is 1. The largest absolute Gasteiger partial charge is 0.442 e. The van der Waals surface area contributed by atoms with Crippen molar-refractivity contribution in [3.63, 3.8) is 0 Å². The number of amides is 2. The Morgan fingerprint density at radius 2 is 1.73 bits per heavy atom. The molecule has 2 fully saturated rings. The molecule has 4 nitrogen and oxygen atoms in total. The van der Waals surface area contributed by atoms with Crippen molar-refractivity contribution in [1.29, 1.82) is 0 Å². The van der Waals surface area contributed by atoms with E-state index in [-0.39, 0.29) is 5.91 Å². The molecule has 2 amide bonds. The molecule has 0 aromatic carbocycles. The molecule has 4 heteroatoms. The lowest BCUT2D eigenvalue weighted by atomic mass is 9.66. The summed E-state index contributed by atoms with van der Waals surface area (Å²) in [5, 5.41) is 2.24. The van der Waals surface area contributed by atoms with Crippen LogP contribution in [0.15, 0.2) is 0 Å². The van der Waals surface area contributed by atoms with Gasteiger partial charge in [0.25, 0.3) is 0 Å². The average molecular weight is 211 g/mol. The number of hydrogen-bond acceptors (Lipinski definition) is 3. The molecule has 2 aliphatic rings. The van der Waals surface area contributed by atoms with Crippen LogP contribution < -0.4 is 5.32 Å². The first-order valence-electron chi connectivity index (χ1n) is 5.52. The van der Waals surface area contributed by atoms with Gasteiger partial charge in [0.15, 0.2) is 0 Å². The zero-order valence-corrected chi connectivity index (χ0v) is 9.26. The van der Waals surface area contributed by atoms with Crippen LogP contribution in [-0.2, 0) is 9.53 Å². The summed E-state index contributed by atoms with van der Waals surface area (Å²) >= 11 is 0. The number of ether oxygens (including phenoxy) is 1. The maximum Gasteiger partial charge on any atom is 0.414 e. The molecular weight excluding hydrogens is 194 g/mol. The van der Waals surface area contributed by atoms with Gasteiger partial charge in [-0.2, -0.15) is 0 Å². The van der Waals surface area contributed by atoms with E-state index in [1.54, 1.807) is 0 Å². The van der Waals surface area contributed by atoms with E-state index < -0.39 is 17.1 Å². The fourth-order valence-electron chi connectivity index (χ4n) is 2.64. The smallest absolute Gasteiger partial charge is 0.414 e. The minimum absolute atomic E-state index is 0.208. The molecule has 0 atom stereocenters. The van der Waals surface area contributed by atoms with Gasteiger partial charge in [0.1, 0.15) is 5.60 Å². The van der Waals surface area contributed by atoms with Crippen LogP contribution in [0.3, 0.4) is 0 Å². The molecule has 1 spiro atoms. The van der Waals surface area contributed by atoms with Crippen molar-refractivity contribution in [2.75, 3.05) is 0 Å². The SMILES string of the molecule is CC1(C)C(=O)NC(=O)OC12CCCCC2. The van der Waals surface area contributed by atoms with E-state index in [0.717, 1.165) is 32.1 Å². The highest BCUT2D eigenvalue weighted by Gasteiger charge is 2.56. The van der Waals surface area contributed by atoms with Crippen molar-refractivity contribution in [1.82, 2.24) is 5.32 Å². The van der Waals surface area contributed by atoms with Crippen molar-refractivity contribution < 1.29 is 14.3 Å². The average Bonchev–Trinajstić information content (AvgIpc) is 2.16. The maximum absolute atomic E-state index is 11.8. The molecule has 0 bridgehead atoms. The van der Waals surface area contributed by atoms with Crippen molar-refractivity contribution in [3.8, 4) is 0 Å². The highest BCUT2D eigenvalue weighted by molar-refractivity contribution is 5.98. The van der Waals surface area contributed by atoms with E-state index in [0.29, 0.717) is 0 Å². The van der Waals surface area contributed by atoms with Gasteiger partial charge in [-0.1, -0.05) is 6.42 Å². The molecule has 0 radical (unpaired) electrons. The van der Waals surface area contributed by atoms with Gasteiger partial charge < -0.3 is 4.74 Å². The second-order valence-corrected chi connectivity index (χ2v) is 5.02. The molecule has 1 heterocycles. The minimum Gasteiger partial charge on any atom is -0.442 e. The molecule has 1 aliphatic carbocycles. The second kappa shape index (κ2) is 3.22. The standard InChI is InChI=1S/C11H17NO3/c1-10(2)8(13)12-9(14)15-11(10)6-4-3-5-7-11/h3-7H2,1-2H3,(H,12,13,14). The number of carbonyl (C=O) groups excluding carboxylic acids is 2. The Bertz CT molecular complexity index is 303. The van der Waals surface area contributed by atoms with Gasteiger partial charge in [0.2, 0.25) is 5.91 Å². The predicted octanol–water partition coefficient (Wildman–Crippen LogP) is 1.98. The zero-order chi connectivity index (χ0) is 11.1. The minimum atomic E-state index is -0.610. The van der Waals surface area contributed by atoms with Crippen LogP contribution in [-0.4, -0.2) is 17.6 Å². The van der Waals surface area contributed by atoms with Crippen molar-refractivity contribution in [2.45, 2.75) is 51.6 Å². The third-order valence-electron chi connectivity index (χ3n) is 3.87. The molecule has 1 aliphatic heterocycles. The van der Waals surface area contributed by atoms with Crippen LogP contribution in [0.1, 0.15) is 46.0 Å². The van der Waals surface area contributed by atoms with Crippen molar-refractivity contribution in [3.05, 3.63) is 0 Å². The third-order valence-corrected chi connectivity index (χ3v) is 3.87. The first-order valence-corrected chi connectivity index (χ1v) is 5.52. The van der Waals surface area contributed by atoms with Crippen LogP contribution in [0.2, 0.25) is 0 Å². The Hall–Kier alpha value is -1.06. The quantitative estimate of drug-likeness (QED) is 0.666. The van der Waals surface area contributed by atoms with E-state index in [4.69, 9.17) is 4.74 Å². The first-order chi connectivity index (χ1) is 6.98. The van der Waals surface area contributed by atoms with Gasteiger partial charge in [-0.3, -0.25) is 10.1 Å². The highest BCUT2D eigenvalue weighted by atomic mass is 16.6. The van der Waals surface area contributed by atoms with E-state index in [2.05, 4.69) is 5.32 Å². The fourth-order valence-corrected chi connectivity index (χ4v) is 2.64. The monoisotopic (exact) mass is 211 g/mol. The molecule has 1 saturated heterocycles. The van der Waals surface area contributed by atoms with E-state index >= 15 is 0 Å². The van der Waals surface area contributed by atoms with Crippen LogP contribution in [0.25, 0.3) is 0 Å². The van der Waals surface area contributed by atoms with Gasteiger partial charge in [-0.25, -0.2) is 4.79 Å². The topological polar surface area (TPSA) is 55.4 Å². The Kier molecular flexibility index (Phi) is 2.24. The summed E-state index contributed by atoms with van der Waals surface area (Å²) in [6.45, 7) is 3.72. The number of imide groups is 1. The summed E-state index contributed by atoms with van der Waals surface area (Å²) < 4.78 is 5.43. The van der Waals surface area contributed by atoms with E-state index in [1.807, 2.05) is 13.8 Å². The summed E-state index contributed by atoms with van der Waals surface area (Å²) in [6, 6.07) is 0. The number of alkyl carbamates (subject to hydrolysis) is 1. The number of rotatable bonds is 0. The van der Waals surface area contributed by atoms with Crippen molar-refractivity contribution >= 4 is 12.0 Å². The molecule has 0 unspecified atom stereocenters. The summed E-state index contributed by atoms with van der Waals surface area (Å²) in [5.74, 6) is -0.208. The van der Waals surface area contributed by atoms with Crippen molar-refractivity contribution in [2.24, 2.45) is 5.41 Å². The van der Waals surface area contributed by atoms with Gasteiger partial charge in [-0.05, 0) is 39.5 Å². The van der Waals surface area contributed by atoms with Gasteiger partial charge in [-0.15, -0.1) is 0 Å². The molecule has 84 valence electrons. The molecular formula is C11H17NO3. The van der Waals surface area contributed by atoms with Gasteiger partial charge in [0, 0.05) is 0 Å². The Morgan fingerprint density at radius 1 is 1.13 bits per heavy atom. The molecule has 1 saturated carbocycles. The molecule has 1 N–H and O–H groups in total. The zero-order valence-electron chi connectivity index (χ0n) is 9.26. The number of hydrogen-bond donors (Lipinski definition) is 1. The fraction of sp³-hybridized carbons (Fsp3) is 0.818. The highest BCUT2D eigenvalue weighted by Crippen LogP contribution is 2.47. The van der Waals surface area contributed by atoms with Gasteiger partial charge in [0.05, 0.1) is 5.41 Å². The normalized spacial score (nSPS) is 28.4. The molecule has 0 aromatic heterocycles. The molecule has 0 aromatic rings. The maximum atomic E-state index is 11.8. The predicted molar refractivity (Wildman–Crippen MR) is 54.2 cm³/mol. The van der Waals surface area contributed by atoms with E-state index in [1.165, 1.54) is 0 Å². The van der Waals surface area contributed by atoms with Crippen LogP contribution in [0.5, 0.6) is 0 Å². The lowest BCUT2D eigenvalue weighted by Crippen LogP contribution is -2.63. The molecule has 2 rings (SSSR count). The van der Waals surface area contributed by atoms with E-state index in [9.17, 15) is 9.59 Å². The summed E-state index contributed by atoms with van der Waals surface area (Å²) in [6.07, 6.45) is 4.25. The van der Waals surface area contributed by atoms with Crippen LogP contribution >= 0.6 is 0 Å². The van der Waals surface area contributed by atoms with Crippen LogP contribution in [0, 0.1) is 5.41 Å². The first kappa shape index (κ1) is 10.5. The Balaban J connectivity index is 2.33. The summed E-state index contributed by atoms with van der Waals surface area (Å²) in [4.78, 5) is 23.1. The second-order valence-electron chi connectivity index (χ2n) is 5.02. The molecule has 15 heavy (non-hydrogen) atoms. The summed E-state index contributed by atoms with van der Waals surface area (Å²) in [7, 11) is 0. The third kappa shape index (κ3) is 1.43. The number of carbonyl (C=O) groups is 2. The van der Waals surface area contributed by atoms with Crippen LogP contribution in [0.4, 0.5) is 4.79 Å². The Morgan fingerprint density at radius 3 is 2.33 bits per heavy atom.